The molecule has 0 spiro atoms. The third-order valence-corrected chi connectivity index (χ3v) is 2.86. The van der Waals surface area contributed by atoms with E-state index in [9.17, 15) is 26.3 Å². The van der Waals surface area contributed by atoms with Crippen molar-refractivity contribution >= 4 is 12.4 Å². The second-order valence-electron chi connectivity index (χ2n) is 4.69. The van der Waals surface area contributed by atoms with E-state index in [-0.39, 0.29) is 19.0 Å². The van der Waals surface area contributed by atoms with Crippen molar-refractivity contribution in [1.82, 2.24) is 0 Å². The van der Waals surface area contributed by atoms with Crippen LogP contribution in [0.5, 0.6) is 11.5 Å². The van der Waals surface area contributed by atoms with Crippen LogP contribution in [0.3, 0.4) is 0 Å². The Labute approximate surface area is 144 Å². The highest BCUT2D eigenvalue weighted by atomic mass is 35.5. The van der Waals surface area contributed by atoms with Gasteiger partial charge < -0.3 is 15.2 Å². The van der Waals surface area contributed by atoms with Gasteiger partial charge in [0.25, 0.3) is 0 Å². The van der Waals surface area contributed by atoms with E-state index in [1.54, 1.807) is 0 Å². The van der Waals surface area contributed by atoms with Crippen molar-refractivity contribution in [2.24, 2.45) is 5.73 Å². The summed E-state index contributed by atoms with van der Waals surface area (Å²) in [5.41, 5.74) is 6.52. The SMILES string of the molecule is Cl.NCc1cc(OC(F)(F)F)cc(-c2ccc(OC(F)(F)F)cc2)c1. The normalized spacial score (nSPS) is 11.6. The van der Waals surface area contributed by atoms with Gasteiger partial charge in [0, 0.05) is 6.54 Å². The number of alkyl halides is 6. The minimum absolute atomic E-state index is 0. The number of benzene rings is 2. The van der Waals surface area contributed by atoms with Crippen molar-refractivity contribution in [3.8, 4) is 22.6 Å². The Bertz CT molecular complexity index is 701. The van der Waals surface area contributed by atoms with E-state index in [0.717, 1.165) is 24.3 Å². The number of hydrogen-bond donors (Lipinski definition) is 1. The molecule has 2 aromatic carbocycles. The highest BCUT2D eigenvalue weighted by Gasteiger charge is 2.32. The van der Waals surface area contributed by atoms with Crippen LogP contribution in [0, 0.1) is 0 Å². The average Bonchev–Trinajstić information content (AvgIpc) is 2.44. The molecule has 0 heterocycles. The van der Waals surface area contributed by atoms with Crippen LogP contribution in [-0.2, 0) is 6.54 Å². The maximum atomic E-state index is 12.3. The highest BCUT2D eigenvalue weighted by Crippen LogP contribution is 2.31. The van der Waals surface area contributed by atoms with Gasteiger partial charge in [0.2, 0.25) is 0 Å². The molecule has 2 rings (SSSR count). The van der Waals surface area contributed by atoms with Crippen LogP contribution in [0.25, 0.3) is 11.1 Å². The van der Waals surface area contributed by atoms with Crippen LogP contribution in [0.2, 0.25) is 0 Å². The minimum Gasteiger partial charge on any atom is -0.406 e. The molecule has 2 aromatic rings. The van der Waals surface area contributed by atoms with Gasteiger partial charge in [-0.3, -0.25) is 0 Å². The van der Waals surface area contributed by atoms with Crippen molar-refractivity contribution in [1.29, 1.82) is 0 Å². The van der Waals surface area contributed by atoms with Crippen molar-refractivity contribution in [3.05, 3.63) is 48.0 Å². The van der Waals surface area contributed by atoms with Crippen LogP contribution in [0.4, 0.5) is 26.3 Å². The Kier molecular flexibility index (Phi) is 6.55. The summed E-state index contributed by atoms with van der Waals surface area (Å²) < 4.78 is 81.0. The maximum Gasteiger partial charge on any atom is 0.573 e. The molecule has 0 aliphatic heterocycles. The lowest BCUT2D eigenvalue weighted by Gasteiger charge is -2.13. The summed E-state index contributed by atoms with van der Waals surface area (Å²) >= 11 is 0. The van der Waals surface area contributed by atoms with E-state index in [1.165, 1.54) is 18.2 Å². The van der Waals surface area contributed by atoms with Crippen LogP contribution >= 0.6 is 12.4 Å². The molecule has 0 aromatic heterocycles. The van der Waals surface area contributed by atoms with E-state index < -0.39 is 24.2 Å². The molecule has 0 aliphatic carbocycles. The summed E-state index contributed by atoms with van der Waals surface area (Å²) in [6.07, 6.45) is -9.69. The molecule has 25 heavy (non-hydrogen) atoms. The van der Waals surface area contributed by atoms with Crippen LogP contribution < -0.4 is 15.2 Å². The zero-order chi connectivity index (χ0) is 18.0. The summed E-state index contributed by atoms with van der Waals surface area (Å²) in [6, 6.07) is 8.46. The topological polar surface area (TPSA) is 44.5 Å². The third-order valence-electron chi connectivity index (χ3n) is 2.86. The monoisotopic (exact) mass is 387 g/mol. The lowest BCUT2D eigenvalue weighted by Crippen LogP contribution is -2.17. The van der Waals surface area contributed by atoms with E-state index in [1.807, 2.05) is 0 Å². The van der Waals surface area contributed by atoms with Gasteiger partial charge in [-0.25, -0.2) is 0 Å². The summed E-state index contributed by atoms with van der Waals surface area (Å²) in [6.45, 7) is -0.0304. The lowest BCUT2D eigenvalue weighted by molar-refractivity contribution is -0.275. The van der Waals surface area contributed by atoms with E-state index in [0.29, 0.717) is 16.7 Å². The molecule has 0 atom stereocenters. The Morgan fingerprint density at radius 1 is 0.720 bits per heavy atom. The summed E-state index contributed by atoms with van der Waals surface area (Å²) in [5.74, 6) is -0.899. The van der Waals surface area contributed by atoms with E-state index in [2.05, 4.69) is 9.47 Å². The van der Waals surface area contributed by atoms with Gasteiger partial charge in [-0.2, -0.15) is 0 Å². The first-order valence-corrected chi connectivity index (χ1v) is 6.52. The molecule has 0 amide bonds. The molecule has 10 heteroatoms. The van der Waals surface area contributed by atoms with Gasteiger partial charge in [0.15, 0.2) is 0 Å². The smallest absolute Gasteiger partial charge is 0.406 e. The number of rotatable bonds is 4. The van der Waals surface area contributed by atoms with Crippen molar-refractivity contribution in [2.45, 2.75) is 19.3 Å². The molecule has 3 nitrogen and oxygen atoms in total. The second-order valence-corrected chi connectivity index (χ2v) is 4.69. The quantitative estimate of drug-likeness (QED) is 0.748. The molecule has 0 aliphatic rings. The first-order valence-electron chi connectivity index (χ1n) is 6.52. The van der Waals surface area contributed by atoms with Crippen LogP contribution in [0.1, 0.15) is 5.56 Å². The highest BCUT2D eigenvalue weighted by molar-refractivity contribution is 5.85. The molecule has 0 fully saturated rings. The van der Waals surface area contributed by atoms with Crippen LogP contribution in [-0.4, -0.2) is 12.7 Å². The predicted octanol–water partition coefficient (Wildman–Crippen LogP) is 5.03. The Morgan fingerprint density at radius 2 is 1.24 bits per heavy atom. The molecule has 0 saturated heterocycles. The first kappa shape index (κ1) is 20.9. The number of hydrogen-bond acceptors (Lipinski definition) is 3. The number of halogens is 7. The molecular weight excluding hydrogens is 376 g/mol. The van der Waals surface area contributed by atoms with Gasteiger partial charge in [-0.05, 0) is 47.0 Å². The molecule has 0 unspecified atom stereocenters. The zero-order valence-electron chi connectivity index (χ0n) is 12.3. The molecule has 0 saturated carbocycles. The Morgan fingerprint density at radius 3 is 1.72 bits per heavy atom. The van der Waals surface area contributed by atoms with Gasteiger partial charge in [0.05, 0.1) is 0 Å². The largest absolute Gasteiger partial charge is 0.573 e. The molecular formula is C15H12ClF6NO2. The van der Waals surface area contributed by atoms with Crippen molar-refractivity contribution in [2.75, 3.05) is 0 Å². The summed E-state index contributed by atoms with van der Waals surface area (Å²) in [5, 5.41) is 0. The fraction of sp³-hybridized carbons (Fsp3) is 0.200. The Balaban J connectivity index is 0.00000312. The Hall–Kier alpha value is -2.13. The second kappa shape index (κ2) is 7.83. The van der Waals surface area contributed by atoms with Gasteiger partial charge in [-0.15, -0.1) is 38.7 Å². The molecule has 2 N–H and O–H groups in total. The molecule has 0 bridgehead atoms. The van der Waals surface area contributed by atoms with Crippen LogP contribution in [0.15, 0.2) is 42.5 Å². The number of ether oxygens (including phenoxy) is 2. The minimum atomic E-state index is -4.87. The van der Waals surface area contributed by atoms with Gasteiger partial charge >= 0.3 is 12.7 Å². The zero-order valence-corrected chi connectivity index (χ0v) is 13.1. The molecule has 138 valence electrons. The van der Waals surface area contributed by atoms with E-state index >= 15 is 0 Å². The third kappa shape index (κ3) is 6.71. The van der Waals surface area contributed by atoms with Crippen molar-refractivity contribution < 1.29 is 35.8 Å². The molecule has 0 radical (unpaired) electrons. The van der Waals surface area contributed by atoms with Gasteiger partial charge in [0.1, 0.15) is 11.5 Å². The summed E-state index contributed by atoms with van der Waals surface area (Å²) in [4.78, 5) is 0. The maximum absolute atomic E-state index is 12.3. The number of nitrogens with two attached hydrogens (primary N) is 1. The predicted molar refractivity (Wildman–Crippen MR) is 80.4 cm³/mol. The fourth-order valence-electron chi connectivity index (χ4n) is 1.99. The standard InChI is InChI=1S/C15H11F6NO2.ClH/c16-14(17,18)23-12-3-1-10(2-4-12)11-5-9(8-22)6-13(7-11)24-15(19,20)21;/h1-7H,8,22H2;1H. The first-order chi connectivity index (χ1) is 11.1. The average molecular weight is 388 g/mol. The van der Waals surface area contributed by atoms with Crippen molar-refractivity contribution in [3.63, 3.8) is 0 Å². The lowest BCUT2D eigenvalue weighted by atomic mass is 10.0. The van der Waals surface area contributed by atoms with E-state index in [4.69, 9.17) is 5.73 Å². The summed E-state index contributed by atoms with van der Waals surface area (Å²) in [7, 11) is 0. The van der Waals surface area contributed by atoms with Gasteiger partial charge in [-0.1, -0.05) is 12.1 Å². The fourth-order valence-corrected chi connectivity index (χ4v) is 1.99.